The number of hydrogen-bond donors (Lipinski definition) is 1. The van der Waals surface area contributed by atoms with Crippen LogP contribution < -0.4 is 5.32 Å². The van der Waals surface area contributed by atoms with Crippen molar-refractivity contribution < 1.29 is 22.4 Å². The molecule has 0 spiro atoms. The van der Waals surface area contributed by atoms with Gasteiger partial charge in [-0.05, 0) is 19.3 Å². The van der Waals surface area contributed by atoms with Gasteiger partial charge in [-0.15, -0.1) is 0 Å². The third kappa shape index (κ3) is 2.43. The normalized spacial score (nSPS) is 19.4. The average molecular weight is 279 g/mol. The molecule has 0 aromatic carbocycles. The molecule has 1 amide bonds. The van der Waals surface area contributed by atoms with Crippen LogP contribution in [0.5, 0.6) is 0 Å². The zero-order valence-corrected chi connectivity index (χ0v) is 10.2. The van der Waals surface area contributed by atoms with Crippen LogP contribution in [-0.4, -0.2) is 28.0 Å². The Balaban J connectivity index is 2.15. The van der Waals surface area contributed by atoms with Crippen molar-refractivity contribution in [1.82, 2.24) is 15.1 Å². The maximum atomic E-state index is 12.9. The van der Waals surface area contributed by atoms with Crippen LogP contribution in [0, 0.1) is 0 Å². The maximum absolute atomic E-state index is 12.9. The van der Waals surface area contributed by atoms with Crippen LogP contribution in [0.1, 0.15) is 30.1 Å². The molecule has 1 aromatic heterocycles. The summed E-state index contributed by atoms with van der Waals surface area (Å²) in [6.45, 7) is 0. The summed E-state index contributed by atoms with van der Waals surface area (Å²) in [7, 11) is 1.71. The van der Waals surface area contributed by atoms with Crippen molar-refractivity contribution >= 4 is 5.91 Å². The molecule has 0 saturated heterocycles. The summed E-state index contributed by atoms with van der Waals surface area (Å²) in [6.07, 6.45) is -0.699. The van der Waals surface area contributed by atoms with Gasteiger partial charge < -0.3 is 5.32 Å². The SMILES string of the molecule is Cn1ncc2c1CCCC2NC(=O)C(F)(F)C(F)F. The molecule has 1 heterocycles. The van der Waals surface area contributed by atoms with E-state index < -0.39 is 24.3 Å². The van der Waals surface area contributed by atoms with Gasteiger partial charge >= 0.3 is 12.3 Å². The zero-order valence-electron chi connectivity index (χ0n) is 10.2. The minimum absolute atomic E-state index is 0.434. The highest BCUT2D eigenvalue weighted by molar-refractivity contribution is 5.84. The van der Waals surface area contributed by atoms with Gasteiger partial charge in [-0.1, -0.05) is 0 Å². The highest BCUT2D eigenvalue weighted by Gasteiger charge is 2.49. The van der Waals surface area contributed by atoms with Crippen LogP contribution in [0.3, 0.4) is 0 Å². The van der Waals surface area contributed by atoms with Gasteiger partial charge in [-0.2, -0.15) is 13.9 Å². The summed E-state index contributed by atoms with van der Waals surface area (Å²) in [5.74, 6) is -6.61. The molecule has 1 aromatic rings. The second-order valence-electron chi connectivity index (χ2n) is 4.51. The lowest BCUT2D eigenvalue weighted by atomic mass is 9.93. The Bertz CT molecular complexity index is 486. The number of nitrogens with one attached hydrogen (secondary N) is 1. The van der Waals surface area contributed by atoms with Crippen molar-refractivity contribution in [3.8, 4) is 0 Å². The quantitative estimate of drug-likeness (QED) is 0.858. The van der Waals surface area contributed by atoms with E-state index in [0.717, 1.165) is 12.1 Å². The molecule has 1 unspecified atom stereocenters. The van der Waals surface area contributed by atoms with Crippen molar-refractivity contribution in [2.75, 3.05) is 0 Å². The van der Waals surface area contributed by atoms with E-state index in [2.05, 4.69) is 5.10 Å². The van der Waals surface area contributed by atoms with Crippen molar-refractivity contribution in [3.05, 3.63) is 17.5 Å². The molecular formula is C11H13F4N3O. The van der Waals surface area contributed by atoms with Gasteiger partial charge in [-0.25, -0.2) is 8.78 Å². The molecule has 0 radical (unpaired) electrons. The Morgan fingerprint density at radius 1 is 1.58 bits per heavy atom. The molecule has 1 aliphatic carbocycles. The summed E-state index contributed by atoms with van der Waals surface area (Å²) in [6, 6.07) is -0.686. The van der Waals surface area contributed by atoms with Crippen LogP contribution in [0.4, 0.5) is 17.6 Å². The standard InChI is InChI=1S/C11H13F4N3O/c1-18-8-4-2-3-7(6(8)5-16-18)17-10(19)11(14,15)9(12)13/h5,7,9H,2-4H2,1H3,(H,17,19). The molecule has 4 nitrogen and oxygen atoms in total. The molecule has 1 atom stereocenters. The summed E-state index contributed by atoms with van der Waals surface area (Å²) in [4.78, 5) is 11.2. The first kappa shape index (κ1) is 13.8. The van der Waals surface area contributed by atoms with E-state index in [1.165, 1.54) is 6.20 Å². The van der Waals surface area contributed by atoms with E-state index >= 15 is 0 Å². The molecule has 0 saturated carbocycles. The fourth-order valence-electron chi connectivity index (χ4n) is 2.21. The van der Waals surface area contributed by atoms with E-state index in [1.807, 2.05) is 5.32 Å². The lowest BCUT2D eigenvalue weighted by Gasteiger charge is -2.25. The monoisotopic (exact) mass is 279 g/mol. The Hall–Kier alpha value is -1.60. The predicted molar refractivity (Wildman–Crippen MR) is 58.0 cm³/mol. The topological polar surface area (TPSA) is 46.9 Å². The van der Waals surface area contributed by atoms with Gasteiger partial charge in [-0.3, -0.25) is 9.48 Å². The van der Waals surface area contributed by atoms with Crippen LogP contribution in [-0.2, 0) is 18.3 Å². The fraction of sp³-hybridized carbons (Fsp3) is 0.636. The Morgan fingerprint density at radius 2 is 2.26 bits per heavy atom. The molecule has 0 bridgehead atoms. The van der Waals surface area contributed by atoms with Crippen molar-refractivity contribution in [3.63, 3.8) is 0 Å². The molecule has 0 fully saturated rings. The third-order valence-electron chi connectivity index (χ3n) is 3.26. The molecule has 2 rings (SSSR count). The molecule has 1 N–H and O–H groups in total. The molecule has 0 aliphatic heterocycles. The lowest BCUT2D eigenvalue weighted by Crippen LogP contribution is -2.46. The Morgan fingerprint density at radius 3 is 2.89 bits per heavy atom. The smallest absolute Gasteiger partial charge is 0.344 e. The van der Waals surface area contributed by atoms with Gasteiger partial charge in [0.05, 0.1) is 12.2 Å². The minimum atomic E-state index is -4.67. The second-order valence-corrected chi connectivity index (χ2v) is 4.51. The summed E-state index contributed by atoms with van der Waals surface area (Å²) in [5.41, 5.74) is 1.45. The molecule has 19 heavy (non-hydrogen) atoms. The fourth-order valence-corrected chi connectivity index (χ4v) is 2.21. The minimum Gasteiger partial charge on any atom is -0.344 e. The van der Waals surface area contributed by atoms with Crippen molar-refractivity contribution in [2.24, 2.45) is 7.05 Å². The van der Waals surface area contributed by atoms with Crippen LogP contribution in [0.15, 0.2) is 6.20 Å². The number of aromatic nitrogens is 2. The number of hydrogen-bond acceptors (Lipinski definition) is 2. The molecule has 106 valence electrons. The van der Waals surface area contributed by atoms with Gasteiger partial charge in [0, 0.05) is 18.3 Å². The first-order chi connectivity index (χ1) is 8.84. The largest absolute Gasteiger partial charge is 0.383 e. The third-order valence-corrected chi connectivity index (χ3v) is 3.26. The number of nitrogens with zero attached hydrogens (tertiary/aromatic N) is 2. The number of amides is 1. The van der Waals surface area contributed by atoms with E-state index in [4.69, 9.17) is 0 Å². The summed E-state index contributed by atoms with van der Waals surface area (Å²) in [5, 5.41) is 5.97. The number of alkyl halides is 4. The van der Waals surface area contributed by atoms with Crippen molar-refractivity contribution in [2.45, 2.75) is 37.7 Å². The van der Waals surface area contributed by atoms with E-state index in [9.17, 15) is 22.4 Å². The number of aryl methyl sites for hydroxylation is 1. The highest BCUT2D eigenvalue weighted by Crippen LogP contribution is 2.31. The first-order valence-corrected chi connectivity index (χ1v) is 5.81. The second kappa shape index (κ2) is 4.82. The van der Waals surface area contributed by atoms with Crippen LogP contribution in [0.2, 0.25) is 0 Å². The Kier molecular flexibility index (Phi) is 3.51. The number of carbonyl (C=O) groups excluding carboxylic acids is 1. The average Bonchev–Trinajstić information content (AvgIpc) is 2.72. The van der Waals surface area contributed by atoms with Gasteiger partial charge in [0.1, 0.15) is 0 Å². The number of carbonyl (C=O) groups is 1. The van der Waals surface area contributed by atoms with Gasteiger partial charge in [0.25, 0.3) is 5.91 Å². The maximum Gasteiger partial charge on any atom is 0.383 e. The lowest BCUT2D eigenvalue weighted by molar-refractivity contribution is -0.170. The van der Waals surface area contributed by atoms with E-state index in [0.29, 0.717) is 18.4 Å². The highest BCUT2D eigenvalue weighted by atomic mass is 19.3. The number of fused-ring (bicyclic) bond motifs is 1. The van der Waals surface area contributed by atoms with E-state index in [-0.39, 0.29) is 0 Å². The predicted octanol–water partition coefficient (Wildman–Crippen LogP) is 1.81. The molecule has 1 aliphatic rings. The first-order valence-electron chi connectivity index (χ1n) is 5.81. The number of rotatable bonds is 3. The van der Waals surface area contributed by atoms with Crippen LogP contribution >= 0.6 is 0 Å². The van der Waals surface area contributed by atoms with Gasteiger partial charge in [0.15, 0.2) is 0 Å². The molecular weight excluding hydrogens is 266 g/mol. The van der Waals surface area contributed by atoms with E-state index in [1.54, 1.807) is 11.7 Å². The number of halogens is 4. The van der Waals surface area contributed by atoms with Gasteiger partial charge in [0.2, 0.25) is 0 Å². The zero-order chi connectivity index (χ0) is 14.2. The Labute approximate surface area is 106 Å². The summed E-state index contributed by atoms with van der Waals surface area (Å²) < 4.78 is 51.6. The van der Waals surface area contributed by atoms with Crippen molar-refractivity contribution in [1.29, 1.82) is 0 Å². The van der Waals surface area contributed by atoms with Crippen LogP contribution in [0.25, 0.3) is 0 Å². The molecule has 8 heteroatoms. The summed E-state index contributed by atoms with van der Waals surface area (Å²) >= 11 is 0.